The first-order chi connectivity index (χ1) is 12.1. The monoisotopic (exact) mass is 352 g/mol. The fraction of sp³-hybridized carbons (Fsp3) is 0.158. The number of hydrogen-bond acceptors (Lipinski definition) is 4. The molecule has 0 unspecified atom stereocenters. The van der Waals surface area contributed by atoms with E-state index in [2.05, 4.69) is 15.3 Å². The summed E-state index contributed by atoms with van der Waals surface area (Å²) in [5, 5.41) is 3.72. The van der Waals surface area contributed by atoms with E-state index in [4.69, 9.17) is 5.73 Å². The lowest BCUT2D eigenvalue weighted by molar-refractivity contribution is -0.117. The summed E-state index contributed by atoms with van der Waals surface area (Å²) >= 11 is 1.47. The quantitative estimate of drug-likeness (QED) is 0.635. The highest BCUT2D eigenvalue weighted by molar-refractivity contribution is 7.99. The lowest BCUT2D eigenvalue weighted by Gasteiger charge is -2.14. The number of aromatic nitrogens is 2. The molecule has 1 heterocycles. The van der Waals surface area contributed by atoms with Crippen LogP contribution in [0.5, 0.6) is 0 Å². The number of nitrogens with one attached hydrogen (secondary N) is 2. The van der Waals surface area contributed by atoms with E-state index in [1.54, 1.807) is 6.20 Å². The normalized spacial score (nSPS) is 11.9. The van der Waals surface area contributed by atoms with Crippen molar-refractivity contribution in [3.63, 3.8) is 0 Å². The topological polar surface area (TPSA) is 83.8 Å². The van der Waals surface area contributed by atoms with Gasteiger partial charge in [0.15, 0.2) is 5.16 Å². The standard InChI is InChI=1S/C19H20N4OS/c1-13-12-21-19(22-13)25-17-10-6-5-9-16(17)23-18(24)15(20)11-14-7-3-2-4-8-14/h2-10,12,15H,11,20H2,1H3,(H,21,22)(H,23,24)/t15-/m0/s1. The molecular formula is C19H20N4OS. The molecule has 2 aromatic carbocycles. The number of carbonyl (C=O) groups is 1. The van der Waals surface area contributed by atoms with Gasteiger partial charge in [-0.05, 0) is 42.8 Å². The average molecular weight is 352 g/mol. The number of anilines is 1. The van der Waals surface area contributed by atoms with E-state index in [1.165, 1.54) is 11.8 Å². The molecular weight excluding hydrogens is 332 g/mol. The van der Waals surface area contributed by atoms with E-state index < -0.39 is 6.04 Å². The number of imidazole rings is 1. The van der Waals surface area contributed by atoms with Crippen molar-refractivity contribution in [3.8, 4) is 0 Å². The van der Waals surface area contributed by atoms with Crippen LogP contribution in [0.15, 0.2) is 70.8 Å². The fourth-order valence-electron chi connectivity index (χ4n) is 2.39. The second-order valence-corrected chi connectivity index (χ2v) is 6.79. The van der Waals surface area contributed by atoms with Gasteiger partial charge in [-0.25, -0.2) is 4.98 Å². The van der Waals surface area contributed by atoms with Crippen molar-refractivity contribution < 1.29 is 4.79 Å². The van der Waals surface area contributed by atoms with Crippen LogP contribution in [-0.2, 0) is 11.2 Å². The molecule has 1 amide bonds. The van der Waals surface area contributed by atoms with Crippen molar-refractivity contribution >= 4 is 23.4 Å². The van der Waals surface area contributed by atoms with Crippen molar-refractivity contribution in [2.75, 3.05) is 5.32 Å². The zero-order valence-electron chi connectivity index (χ0n) is 13.9. The molecule has 0 aliphatic carbocycles. The minimum Gasteiger partial charge on any atom is -0.337 e. The second-order valence-electron chi connectivity index (χ2n) is 5.76. The number of aryl methyl sites for hydroxylation is 1. The van der Waals surface area contributed by atoms with Crippen molar-refractivity contribution in [1.82, 2.24) is 9.97 Å². The van der Waals surface area contributed by atoms with Gasteiger partial charge in [0.25, 0.3) is 0 Å². The van der Waals surface area contributed by atoms with Gasteiger partial charge in [0.2, 0.25) is 5.91 Å². The number of aromatic amines is 1. The molecule has 4 N–H and O–H groups in total. The SMILES string of the molecule is Cc1cnc(Sc2ccccc2NC(=O)[C@@H](N)Cc2ccccc2)[nH]1. The molecule has 0 spiro atoms. The molecule has 25 heavy (non-hydrogen) atoms. The maximum Gasteiger partial charge on any atom is 0.241 e. The summed E-state index contributed by atoms with van der Waals surface area (Å²) in [7, 11) is 0. The molecule has 1 atom stereocenters. The number of hydrogen-bond donors (Lipinski definition) is 3. The largest absolute Gasteiger partial charge is 0.337 e. The van der Waals surface area contributed by atoms with Crippen LogP contribution in [0.25, 0.3) is 0 Å². The van der Waals surface area contributed by atoms with E-state index in [0.29, 0.717) is 6.42 Å². The summed E-state index contributed by atoms with van der Waals surface area (Å²) in [5.41, 5.74) is 8.83. The van der Waals surface area contributed by atoms with Gasteiger partial charge in [0.05, 0.1) is 11.7 Å². The minimum atomic E-state index is -0.605. The predicted octanol–water partition coefficient (Wildman–Crippen LogP) is 3.38. The number of para-hydroxylation sites is 1. The highest BCUT2D eigenvalue weighted by atomic mass is 32.2. The molecule has 0 saturated heterocycles. The number of amides is 1. The Morgan fingerprint density at radius 3 is 2.64 bits per heavy atom. The molecule has 0 fully saturated rings. The molecule has 128 valence electrons. The van der Waals surface area contributed by atoms with Crippen LogP contribution in [0.3, 0.4) is 0 Å². The maximum atomic E-state index is 12.5. The maximum absolute atomic E-state index is 12.5. The first-order valence-corrected chi connectivity index (χ1v) is 8.82. The van der Waals surface area contributed by atoms with Crippen LogP contribution in [0.1, 0.15) is 11.3 Å². The highest BCUT2D eigenvalue weighted by Crippen LogP contribution is 2.31. The highest BCUT2D eigenvalue weighted by Gasteiger charge is 2.16. The summed E-state index contributed by atoms with van der Waals surface area (Å²) < 4.78 is 0. The molecule has 0 aliphatic heterocycles. The smallest absolute Gasteiger partial charge is 0.241 e. The van der Waals surface area contributed by atoms with Gasteiger partial charge in [-0.3, -0.25) is 4.79 Å². The van der Waals surface area contributed by atoms with Crippen LogP contribution >= 0.6 is 11.8 Å². The van der Waals surface area contributed by atoms with Gasteiger partial charge in [0.1, 0.15) is 0 Å². The third kappa shape index (κ3) is 4.71. The van der Waals surface area contributed by atoms with Gasteiger partial charge in [-0.1, -0.05) is 42.5 Å². The Morgan fingerprint density at radius 2 is 1.92 bits per heavy atom. The van der Waals surface area contributed by atoms with E-state index >= 15 is 0 Å². The zero-order valence-corrected chi connectivity index (χ0v) is 14.7. The lowest BCUT2D eigenvalue weighted by atomic mass is 10.1. The third-order valence-corrected chi connectivity index (χ3v) is 4.64. The molecule has 3 aromatic rings. The minimum absolute atomic E-state index is 0.201. The molecule has 6 heteroatoms. The van der Waals surface area contributed by atoms with Gasteiger partial charge in [0, 0.05) is 16.8 Å². The Bertz CT molecular complexity index is 847. The van der Waals surface area contributed by atoms with Crippen molar-refractivity contribution in [1.29, 1.82) is 0 Å². The van der Waals surface area contributed by atoms with Crippen molar-refractivity contribution in [2.24, 2.45) is 5.73 Å². The van der Waals surface area contributed by atoms with Gasteiger partial charge in [-0.15, -0.1) is 0 Å². The van der Waals surface area contributed by atoms with E-state index in [9.17, 15) is 4.79 Å². The summed E-state index contributed by atoms with van der Waals surface area (Å²) in [6.07, 6.45) is 2.28. The summed E-state index contributed by atoms with van der Waals surface area (Å²) in [4.78, 5) is 20.8. The Kier molecular flexibility index (Phi) is 5.53. The fourth-order valence-corrected chi connectivity index (χ4v) is 3.29. The molecule has 1 aromatic heterocycles. The second kappa shape index (κ2) is 8.00. The Morgan fingerprint density at radius 1 is 1.20 bits per heavy atom. The van der Waals surface area contributed by atoms with Gasteiger partial charge >= 0.3 is 0 Å². The summed E-state index contributed by atoms with van der Waals surface area (Å²) in [6.45, 7) is 1.95. The number of rotatable bonds is 6. The van der Waals surface area contributed by atoms with Crippen LogP contribution in [0, 0.1) is 6.92 Å². The van der Waals surface area contributed by atoms with Crippen LogP contribution in [0.4, 0.5) is 5.69 Å². The average Bonchev–Trinajstić information content (AvgIpc) is 3.02. The van der Waals surface area contributed by atoms with Gasteiger partial charge in [-0.2, -0.15) is 0 Å². The van der Waals surface area contributed by atoms with Crippen molar-refractivity contribution in [3.05, 3.63) is 72.1 Å². The van der Waals surface area contributed by atoms with Crippen LogP contribution in [0.2, 0.25) is 0 Å². The molecule has 0 saturated carbocycles. The number of nitrogens with two attached hydrogens (primary N) is 1. The molecule has 0 bridgehead atoms. The number of carbonyl (C=O) groups excluding carboxylic acids is 1. The lowest BCUT2D eigenvalue weighted by Crippen LogP contribution is -2.37. The number of nitrogens with zero attached hydrogens (tertiary/aromatic N) is 1. The van der Waals surface area contributed by atoms with E-state index in [-0.39, 0.29) is 5.91 Å². The molecule has 0 radical (unpaired) electrons. The first kappa shape index (κ1) is 17.3. The summed E-state index contributed by atoms with van der Waals surface area (Å²) in [6, 6.07) is 16.8. The molecule has 5 nitrogen and oxygen atoms in total. The van der Waals surface area contributed by atoms with Crippen LogP contribution < -0.4 is 11.1 Å². The molecule has 0 aliphatic rings. The predicted molar refractivity (Wildman–Crippen MR) is 101 cm³/mol. The Balaban J connectivity index is 1.68. The number of H-pyrrole nitrogens is 1. The first-order valence-electron chi connectivity index (χ1n) is 8.00. The Labute approximate surface area is 151 Å². The Hall–Kier alpha value is -2.57. The third-order valence-electron chi connectivity index (χ3n) is 3.67. The zero-order chi connectivity index (χ0) is 17.6. The van der Waals surface area contributed by atoms with E-state index in [1.807, 2.05) is 61.5 Å². The van der Waals surface area contributed by atoms with Gasteiger partial charge < -0.3 is 16.0 Å². The van der Waals surface area contributed by atoms with Crippen molar-refractivity contribution in [2.45, 2.75) is 29.4 Å². The number of benzene rings is 2. The van der Waals surface area contributed by atoms with E-state index in [0.717, 1.165) is 27.0 Å². The molecule has 3 rings (SSSR count). The van der Waals surface area contributed by atoms with Crippen LogP contribution in [-0.4, -0.2) is 21.9 Å². The summed E-state index contributed by atoms with van der Waals surface area (Å²) in [5.74, 6) is -0.201.